The molecule has 0 saturated carbocycles. The maximum Gasteiger partial charge on any atom is 0.274 e. The van der Waals surface area contributed by atoms with Gasteiger partial charge in [0.15, 0.2) is 11.3 Å². The van der Waals surface area contributed by atoms with Crippen LogP contribution in [0.1, 0.15) is 39.5 Å². The molecule has 3 aromatic rings. The fourth-order valence-corrected chi connectivity index (χ4v) is 3.48. The summed E-state index contributed by atoms with van der Waals surface area (Å²) in [5.41, 5.74) is 3.89. The van der Waals surface area contributed by atoms with Gasteiger partial charge >= 0.3 is 0 Å². The van der Waals surface area contributed by atoms with E-state index in [1.165, 1.54) is 0 Å². The van der Waals surface area contributed by atoms with Gasteiger partial charge in [0.1, 0.15) is 11.9 Å². The first-order valence-electron chi connectivity index (χ1n) is 8.67. The number of amides is 1. The summed E-state index contributed by atoms with van der Waals surface area (Å²) in [5, 5.41) is 4.45. The van der Waals surface area contributed by atoms with E-state index in [2.05, 4.69) is 15.1 Å². The van der Waals surface area contributed by atoms with Crippen LogP contribution in [-0.2, 0) is 11.8 Å². The van der Waals surface area contributed by atoms with Crippen LogP contribution in [0, 0.1) is 20.8 Å². The van der Waals surface area contributed by atoms with Gasteiger partial charge in [0.05, 0.1) is 18.8 Å². The second-order valence-electron chi connectivity index (χ2n) is 6.80. The Morgan fingerprint density at radius 2 is 2.00 bits per heavy atom. The van der Waals surface area contributed by atoms with Gasteiger partial charge in [-0.3, -0.25) is 4.79 Å². The highest BCUT2D eigenvalue weighted by atomic mass is 16.5. The van der Waals surface area contributed by atoms with Crippen molar-refractivity contribution in [2.24, 2.45) is 7.05 Å². The van der Waals surface area contributed by atoms with Crippen LogP contribution in [0.15, 0.2) is 18.3 Å². The molecule has 1 atom stereocenters. The minimum atomic E-state index is -0.231. The number of hydrogen-bond donors (Lipinski definition) is 0. The maximum atomic E-state index is 13.0. The number of hydrogen-bond acceptors (Lipinski definition) is 5. The number of rotatable bonds is 2. The van der Waals surface area contributed by atoms with Crippen molar-refractivity contribution in [3.05, 3.63) is 46.9 Å². The van der Waals surface area contributed by atoms with Gasteiger partial charge in [-0.1, -0.05) is 0 Å². The summed E-state index contributed by atoms with van der Waals surface area (Å²) in [5.74, 6) is 0.731. The van der Waals surface area contributed by atoms with Crippen molar-refractivity contribution in [3.63, 3.8) is 0 Å². The van der Waals surface area contributed by atoms with E-state index in [4.69, 9.17) is 4.74 Å². The molecule has 0 N–H and O–H groups in total. The summed E-state index contributed by atoms with van der Waals surface area (Å²) in [6.07, 6.45) is 1.73. The Morgan fingerprint density at radius 3 is 2.73 bits per heavy atom. The molecule has 136 valence electrons. The van der Waals surface area contributed by atoms with Crippen molar-refractivity contribution < 1.29 is 9.53 Å². The molecule has 4 heterocycles. The van der Waals surface area contributed by atoms with E-state index in [0.29, 0.717) is 31.0 Å². The third-order valence-corrected chi connectivity index (χ3v) is 4.63. The largest absolute Gasteiger partial charge is 0.367 e. The van der Waals surface area contributed by atoms with Crippen LogP contribution in [0.2, 0.25) is 0 Å². The van der Waals surface area contributed by atoms with Gasteiger partial charge in [0, 0.05) is 37.2 Å². The van der Waals surface area contributed by atoms with E-state index in [0.717, 1.165) is 22.9 Å². The van der Waals surface area contributed by atoms with Gasteiger partial charge in [-0.25, -0.2) is 14.5 Å². The number of imidazole rings is 1. The van der Waals surface area contributed by atoms with Gasteiger partial charge in [0.25, 0.3) is 5.91 Å². The lowest BCUT2D eigenvalue weighted by Gasteiger charge is -2.32. The van der Waals surface area contributed by atoms with E-state index in [-0.39, 0.29) is 12.0 Å². The van der Waals surface area contributed by atoms with Crippen molar-refractivity contribution in [3.8, 4) is 0 Å². The molecular formula is C18H22N6O2. The summed E-state index contributed by atoms with van der Waals surface area (Å²) < 4.78 is 9.51. The summed E-state index contributed by atoms with van der Waals surface area (Å²) in [6, 6.07) is 3.69. The van der Waals surface area contributed by atoms with E-state index in [1.807, 2.05) is 44.6 Å². The van der Waals surface area contributed by atoms with Crippen molar-refractivity contribution >= 4 is 11.6 Å². The molecule has 8 heteroatoms. The van der Waals surface area contributed by atoms with Gasteiger partial charge in [-0.05, 0) is 26.8 Å². The lowest BCUT2D eigenvalue weighted by molar-refractivity contribution is -0.0281. The minimum absolute atomic E-state index is 0.105. The fourth-order valence-electron chi connectivity index (χ4n) is 3.48. The van der Waals surface area contributed by atoms with Crippen molar-refractivity contribution in [2.45, 2.75) is 26.9 Å². The van der Waals surface area contributed by atoms with Crippen LogP contribution < -0.4 is 0 Å². The first-order chi connectivity index (χ1) is 12.4. The minimum Gasteiger partial charge on any atom is -0.367 e. The molecular weight excluding hydrogens is 332 g/mol. The number of nitrogens with zero attached hydrogens (tertiary/aromatic N) is 6. The fraction of sp³-hybridized carbons (Fsp3) is 0.444. The molecule has 8 nitrogen and oxygen atoms in total. The number of fused-ring (bicyclic) bond motifs is 1. The van der Waals surface area contributed by atoms with Crippen LogP contribution >= 0.6 is 0 Å². The second kappa shape index (κ2) is 6.21. The Hall–Kier alpha value is -2.74. The first kappa shape index (κ1) is 16.7. The number of ether oxygens (including phenoxy) is 1. The molecule has 0 spiro atoms. The van der Waals surface area contributed by atoms with Gasteiger partial charge < -0.3 is 14.2 Å². The SMILES string of the molecule is Cc1cn(C)c([C@@H]2CN(C(=O)c3cc4nc(C)cc(C)n4n3)CCO2)n1. The van der Waals surface area contributed by atoms with Crippen LogP contribution in [0.4, 0.5) is 0 Å². The summed E-state index contributed by atoms with van der Waals surface area (Å²) in [4.78, 5) is 23.7. The molecule has 1 amide bonds. The molecule has 1 saturated heterocycles. The third-order valence-electron chi connectivity index (χ3n) is 4.63. The molecule has 0 bridgehead atoms. The maximum absolute atomic E-state index is 13.0. The Labute approximate surface area is 151 Å². The van der Waals surface area contributed by atoms with E-state index in [9.17, 15) is 4.79 Å². The molecule has 0 unspecified atom stereocenters. The second-order valence-corrected chi connectivity index (χ2v) is 6.80. The number of aryl methyl sites for hydroxylation is 4. The third kappa shape index (κ3) is 2.86. The molecule has 1 aliphatic rings. The van der Waals surface area contributed by atoms with E-state index in [1.54, 1.807) is 15.5 Å². The lowest BCUT2D eigenvalue weighted by atomic mass is 10.2. The summed E-state index contributed by atoms with van der Waals surface area (Å²) >= 11 is 0. The smallest absolute Gasteiger partial charge is 0.274 e. The van der Waals surface area contributed by atoms with E-state index >= 15 is 0 Å². The molecule has 4 rings (SSSR count). The average Bonchev–Trinajstić information content (AvgIpc) is 3.17. The van der Waals surface area contributed by atoms with Crippen LogP contribution in [0.25, 0.3) is 5.65 Å². The standard InChI is InChI=1S/C18H22N6O2/c1-11-7-13(3)24-16(19-11)8-14(21-24)18(25)23-5-6-26-15(10-23)17-20-12(2)9-22(17)4/h7-9,15H,5-6,10H2,1-4H3/t15-/m0/s1. The number of carbonyl (C=O) groups is 1. The molecule has 0 radical (unpaired) electrons. The van der Waals surface area contributed by atoms with Crippen LogP contribution in [-0.4, -0.2) is 54.7 Å². The van der Waals surface area contributed by atoms with Crippen LogP contribution in [0.3, 0.4) is 0 Å². The molecule has 0 aromatic carbocycles. The van der Waals surface area contributed by atoms with Crippen molar-refractivity contribution in [1.29, 1.82) is 0 Å². The predicted molar refractivity (Wildman–Crippen MR) is 95.0 cm³/mol. The summed E-state index contributed by atoms with van der Waals surface area (Å²) in [6.45, 7) is 7.32. The van der Waals surface area contributed by atoms with E-state index < -0.39 is 0 Å². The highest BCUT2D eigenvalue weighted by Crippen LogP contribution is 2.22. The first-order valence-corrected chi connectivity index (χ1v) is 8.67. The highest BCUT2D eigenvalue weighted by Gasteiger charge is 2.30. The Balaban J connectivity index is 1.60. The Bertz CT molecular complexity index is 989. The Morgan fingerprint density at radius 1 is 1.19 bits per heavy atom. The topological polar surface area (TPSA) is 77.6 Å². The van der Waals surface area contributed by atoms with Crippen molar-refractivity contribution in [1.82, 2.24) is 29.0 Å². The molecule has 26 heavy (non-hydrogen) atoms. The molecule has 0 aliphatic carbocycles. The summed E-state index contributed by atoms with van der Waals surface area (Å²) in [7, 11) is 1.94. The van der Waals surface area contributed by atoms with Gasteiger partial charge in [-0.2, -0.15) is 5.10 Å². The predicted octanol–water partition coefficient (Wildman–Crippen LogP) is 1.60. The van der Waals surface area contributed by atoms with Gasteiger partial charge in [0.2, 0.25) is 0 Å². The molecule has 1 fully saturated rings. The zero-order chi connectivity index (χ0) is 18.4. The Kier molecular flexibility index (Phi) is 3.99. The number of carbonyl (C=O) groups excluding carboxylic acids is 1. The number of morpholine rings is 1. The monoisotopic (exact) mass is 354 g/mol. The van der Waals surface area contributed by atoms with Crippen molar-refractivity contribution in [2.75, 3.05) is 19.7 Å². The molecule has 1 aliphatic heterocycles. The lowest BCUT2D eigenvalue weighted by Crippen LogP contribution is -2.43. The van der Waals surface area contributed by atoms with Gasteiger partial charge in [-0.15, -0.1) is 0 Å². The number of aromatic nitrogens is 5. The molecule has 3 aromatic heterocycles. The average molecular weight is 354 g/mol. The highest BCUT2D eigenvalue weighted by molar-refractivity contribution is 5.93. The van der Waals surface area contributed by atoms with Crippen LogP contribution in [0.5, 0.6) is 0 Å². The zero-order valence-electron chi connectivity index (χ0n) is 15.4. The quantitative estimate of drug-likeness (QED) is 0.699. The normalized spacial score (nSPS) is 17.8. The zero-order valence-corrected chi connectivity index (χ0v) is 15.4.